The van der Waals surface area contributed by atoms with Gasteiger partial charge in [0.2, 0.25) is 0 Å². The summed E-state index contributed by atoms with van der Waals surface area (Å²) in [5.41, 5.74) is 11.5. The smallest absolute Gasteiger partial charge is 0.140 e. The van der Waals surface area contributed by atoms with E-state index in [4.69, 9.17) is 4.98 Å². The van der Waals surface area contributed by atoms with Crippen LogP contribution in [0.3, 0.4) is 0 Å². The van der Waals surface area contributed by atoms with Gasteiger partial charge in [-0.25, -0.2) is 4.98 Å². The molecule has 6 aromatic carbocycles. The summed E-state index contributed by atoms with van der Waals surface area (Å²) in [5, 5.41) is 4.98. The SMILES string of the molecule is c1ccc(CC2c3ccccc3-c3c2ccc2c4ccccc4n(-c4cccc(-n5c6ccccc6c6ccccc65)n4)c32)cc1. The van der Waals surface area contributed by atoms with Crippen molar-refractivity contribution < 1.29 is 0 Å². The molecular formula is C43H29N3. The summed E-state index contributed by atoms with van der Waals surface area (Å²) in [5.74, 6) is 2.13. The molecule has 0 bridgehead atoms. The minimum atomic E-state index is 0.293. The van der Waals surface area contributed by atoms with Crippen LogP contribution in [0.2, 0.25) is 0 Å². The van der Waals surface area contributed by atoms with Crippen LogP contribution in [0.5, 0.6) is 0 Å². The van der Waals surface area contributed by atoms with Gasteiger partial charge in [0.05, 0.1) is 22.1 Å². The molecule has 0 fully saturated rings. The molecule has 0 amide bonds. The van der Waals surface area contributed by atoms with Crippen LogP contribution >= 0.6 is 0 Å². The van der Waals surface area contributed by atoms with E-state index < -0.39 is 0 Å². The van der Waals surface area contributed by atoms with Gasteiger partial charge in [0, 0.05) is 33.0 Å². The standard InChI is InChI=1S/C43H29N3/c1-2-13-28(14-3-1)27-36-29-15-4-5-19-33(29)42-34(36)25-26-35-32-18-8-11-22-39(32)46(43(35)42)41-24-12-23-40(44-41)45-37-20-9-6-16-30(37)31-17-7-10-21-38(31)45/h1-26,36H,27H2. The van der Waals surface area contributed by atoms with Gasteiger partial charge >= 0.3 is 0 Å². The van der Waals surface area contributed by atoms with E-state index in [1.54, 1.807) is 0 Å². The molecule has 10 rings (SSSR count). The Morgan fingerprint density at radius 1 is 0.435 bits per heavy atom. The second-order valence-corrected chi connectivity index (χ2v) is 12.3. The Morgan fingerprint density at radius 3 is 1.72 bits per heavy atom. The molecule has 3 aromatic heterocycles. The third kappa shape index (κ3) is 3.57. The Morgan fingerprint density at radius 2 is 1.00 bits per heavy atom. The summed E-state index contributed by atoms with van der Waals surface area (Å²) in [6, 6.07) is 57.1. The van der Waals surface area contributed by atoms with E-state index in [2.05, 4.69) is 167 Å². The van der Waals surface area contributed by atoms with Crippen LogP contribution in [0, 0.1) is 0 Å². The average molecular weight is 588 g/mol. The zero-order valence-electron chi connectivity index (χ0n) is 25.1. The Hall–Kier alpha value is -5.93. The quantitative estimate of drug-likeness (QED) is 0.201. The highest BCUT2D eigenvalue weighted by atomic mass is 15.1. The molecule has 3 heteroatoms. The van der Waals surface area contributed by atoms with Gasteiger partial charge < -0.3 is 0 Å². The van der Waals surface area contributed by atoms with Gasteiger partial charge in [0.15, 0.2) is 0 Å². The van der Waals surface area contributed by atoms with Gasteiger partial charge in [-0.2, -0.15) is 0 Å². The summed E-state index contributed by atoms with van der Waals surface area (Å²) in [6.07, 6.45) is 0.970. The Labute approximate surface area is 266 Å². The monoisotopic (exact) mass is 587 g/mol. The van der Waals surface area contributed by atoms with Crippen molar-refractivity contribution in [3.8, 4) is 22.8 Å². The number of benzene rings is 6. The van der Waals surface area contributed by atoms with E-state index in [9.17, 15) is 0 Å². The summed E-state index contributed by atoms with van der Waals surface area (Å²) in [7, 11) is 0. The highest BCUT2D eigenvalue weighted by Gasteiger charge is 2.32. The zero-order valence-corrected chi connectivity index (χ0v) is 25.1. The lowest BCUT2D eigenvalue weighted by molar-refractivity contribution is 0.827. The summed E-state index contributed by atoms with van der Waals surface area (Å²) < 4.78 is 4.71. The molecule has 1 aliphatic rings. The van der Waals surface area contributed by atoms with Crippen molar-refractivity contribution in [1.29, 1.82) is 0 Å². The molecule has 9 aromatic rings. The maximum atomic E-state index is 5.45. The van der Waals surface area contributed by atoms with Gasteiger partial charge in [0.1, 0.15) is 11.6 Å². The van der Waals surface area contributed by atoms with E-state index in [1.165, 1.54) is 60.4 Å². The highest BCUT2D eigenvalue weighted by Crippen LogP contribution is 2.51. The zero-order chi connectivity index (χ0) is 30.2. The third-order valence-electron chi connectivity index (χ3n) is 9.89. The first-order chi connectivity index (χ1) is 22.8. The number of hydrogen-bond acceptors (Lipinski definition) is 1. The minimum Gasteiger partial charge on any atom is -0.294 e. The van der Waals surface area contributed by atoms with Gasteiger partial charge in [-0.05, 0) is 59.0 Å². The fourth-order valence-corrected chi connectivity index (χ4v) is 7.98. The third-order valence-corrected chi connectivity index (χ3v) is 9.89. The average Bonchev–Trinajstić information content (AvgIpc) is 3.75. The van der Waals surface area contributed by atoms with Crippen molar-refractivity contribution in [2.75, 3.05) is 0 Å². The van der Waals surface area contributed by atoms with Crippen molar-refractivity contribution >= 4 is 43.6 Å². The predicted octanol–water partition coefficient (Wildman–Crippen LogP) is 10.6. The molecule has 1 unspecified atom stereocenters. The molecule has 0 saturated heterocycles. The molecule has 3 nitrogen and oxygen atoms in total. The molecule has 1 aliphatic carbocycles. The molecule has 0 aliphatic heterocycles. The largest absolute Gasteiger partial charge is 0.294 e. The second-order valence-electron chi connectivity index (χ2n) is 12.3. The first kappa shape index (κ1) is 25.4. The maximum Gasteiger partial charge on any atom is 0.140 e. The molecule has 0 N–H and O–H groups in total. The van der Waals surface area contributed by atoms with Crippen LogP contribution in [-0.4, -0.2) is 14.1 Å². The molecule has 0 radical (unpaired) electrons. The lowest BCUT2D eigenvalue weighted by atomic mass is 9.90. The molecule has 216 valence electrons. The van der Waals surface area contributed by atoms with Crippen molar-refractivity contribution in [1.82, 2.24) is 14.1 Å². The fraction of sp³-hybridized carbons (Fsp3) is 0.0465. The van der Waals surface area contributed by atoms with Crippen molar-refractivity contribution in [3.05, 3.63) is 174 Å². The number of pyridine rings is 1. The van der Waals surface area contributed by atoms with Crippen LogP contribution in [0.15, 0.2) is 158 Å². The van der Waals surface area contributed by atoms with Crippen LogP contribution < -0.4 is 0 Å². The van der Waals surface area contributed by atoms with Gasteiger partial charge in [-0.15, -0.1) is 0 Å². The molecule has 0 saturated carbocycles. The number of rotatable bonds is 4. The molecule has 3 heterocycles. The molecule has 1 atom stereocenters. The summed E-state index contributed by atoms with van der Waals surface area (Å²) in [6.45, 7) is 0. The lowest BCUT2D eigenvalue weighted by Crippen LogP contribution is -2.04. The Bertz CT molecular complexity index is 2570. The highest BCUT2D eigenvalue weighted by molar-refractivity contribution is 6.15. The lowest BCUT2D eigenvalue weighted by Gasteiger charge is -2.15. The van der Waals surface area contributed by atoms with E-state index in [-0.39, 0.29) is 0 Å². The van der Waals surface area contributed by atoms with Crippen LogP contribution in [0.4, 0.5) is 0 Å². The van der Waals surface area contributed by atoms with Gasteiger partial charge in [0.25, 0.3) is 0 Å². The van der Waals surface area contributed by atoms with Crippen molar-refractivity contribution in [3.63, 3.8) is 0 Å². The number of fused-ring (bicyclic) bond motifs is 10. The fourth-order valence-electron chi connectivity index (χ4n) is 7.98. The summed E-state index contributed by atoms with van der Waals surface area (Å²) in [4.78, 5) is 5.45. The van der Waals surface area contributed by atoms with E-state index in [0.717, 1.165) is 29.1 Å². The van der Waals surface area contributed by atoms with Crippen LogP contribution in [0.25, 0.3) is 66.4 Å². The van der Waals surface area contributed by atoms with E-state index in [0.29, 0.717) is 5.92 Å². The first-order valence-electron chi connectivity index (χ1n) is 16.0. The number of hydrogen-bond donors (Lipinski definition) is 0. The number of nitrogens with zero attached hydrogens (tertiary/aromatic N) is 3. The van der Waals surface area contributed by atoms with Gasteiger partial charge in [-0.3, -0.25) is 9.13 Å². The van der Waals surface area contributed by atoms with Crippen molar-refractivity contribution in [2.24, 2.45) is 0 Å². The van der Waals surface area contributed by atoms with Crippen LogP contribution in [-0.2, 0) is 6.42 Å². The first-order valence-corrected chi connectivity index (χ1v) is 16.0. The number of para-hydroxylation sites is 3. The van der Waals surface area contributed by atoms with Crippen molar-refractivity contribution in [2.45, 2.75) is 12.3 Å². The normalized spacial score (nSPS) is 14.0. The Kier molecular flexibility index (Phi) is 5.40. The topological polar surface area (TPSA) is 22.8 Å². The summed E-state index contributed by atoms with van der Waals surface area (Å²) >= 11 is 0. The molecule has 46 heavy (non-hydrogen) atoms. The maximum absolute atomic E-state index is 5.45. The van der Waals surface area contributed by atoms with Crippen LogP contribution in [0.1, 0.15) is 22.6 Å². The second kappa shape index (κ2) is 9.79. The molecular weight excluding hydrogens is 558 g/mol. The van der Waals surface area contributed by atoms with Gasteiger partial charge in [-0.1, -0.05) is 127 Å². The minimum absolute atomic E-state index is 0.293. The Balaban J connectivity index is 1.26. The molecule has 0 spiro atoms. The number of aromatic nitrogens is 3. The van der Waals surface area contributed by atoms with E-state index >= 15 is 0 Å². The van der Waals surface area contributed by atoms with E-state index in [1.807, 2.05) is 0 Å². The predicted molar refractivity (Wildman–Crippen MR) is 190 cm³/mol.